The number of tetrazole rings is 1. The molecule has 1 aromatic carbocycles. The van der Waals surface area contributed by atoms with Crippen LogP contribution in [0.5, 0.6) is 5.75 Å². The molecule has 0 aliphatic heterocycles. The van der Waals surface area contributed by atoms with Crippen LogP contribution in [0.1, 0.15) is 17.4 Å². The third-order valence-electron chi connectivity index (χ3n) is 3.41. The number of amides is 2. The maximum atomic E-state index is 12.1. The summed E-state index contributed by atoms with van der Waals surface area (Å²) in [4.78, 5) is 23.4. The van der Waals surface area contributed by atoms with Crippen LogP contribution in [0.25, 0.3) is 5.69 Å². The lowest BCUT2D eigenvalue weighted by molar-refractivity contribution is -0.118. The summed E-state index contributed by atoms with van der Waals surface area (Å²) in [6.07, 6.45) is 3.01. The lowest BCUT2D eigenvalue weighted by Crippen LogP contribution is -2.22. The van der Waals surface area contributed by atoms with Gasteiger partial charge in [0.05, 0.1) is 11.4 Å². The minimum Gasteiger partial charge on any atom is -0.484 e. The largest absolute Gasteiger partial charge is 0.484 e. The highest BCUT2D eigenvalue weighted by molar-refractivity contribution is 6.01. The van der Waals surface area contributed by atoms with Crippen LogP contribution in [0.4, 0.5) is 5.69 Å². The number of primary amides is 1. The van der Waals surface area contributed by atoms with Gasteiger partial charge < -0.3 is 15.8 Å². The Kier molecular flexibility index (Phi) is 4.87. The Bertz CT molecular complexity index is 902. The maximum absolute atomic E-state index is 12.1. The summed E-state index contributed by atoms with van der Waals surface area (Å²) in [5.74, 6) is -0.657. The molecule has 2 aromatic heterocycles. The number of aromatic nitrogens is 6. The standard InChI is InChI=1S/C15H16N8O3/c1-2-22-7-12(14(19-22)15(16)25)18-13(24)8-26-11-5-3-10(4-6-11)23-9-17-20-21-23/h3-7,9H,2,8H2,1H3,(H2,16,25)(H,18,24). The molecule has 0 aliphatic carbocycles. The van der Waals surface area contributed by atoms with Crippen molar-refractivity contribution in [3.8, 4) is 11.4 Å². The summed E-state index contributed by atoms with van der Waals surface area (Å²) in [6.45, 7) is 2.16. The van der Waals surface area contributed by atoms with E-state index in [4.69, 9.17) is 10.5 Å². The van der Waals surface area contributed by atoms with Crippen molar-refractivity contribution in [3.63, 3.8) is 0 Å². The van der Waals surface area contributed by atoms with Crippen LogP contribution in [0.2, 0.25) is 0 Å². The van der Waals surface area contributed by atoms with Crippen LogP contribution >= 0.6 is 0 Å². The molecule has 11 nitrogen and oxygen atoms in total. The molecule has 0 saturated heterocycles. The van der Waals surface area contributed by atoms with Gasteiger partial charge in [-0.3, -0.25) is 14.3 Å². The van der Waals surface area contributed by atoms with Gasteiger partial charge in [-0.25, -0.2) is 4.68 Å². The van der Waals surface area contributed by atoms with Crippen molar-refractivity contribution in [1.82, 2.24) is 30.0 Å². The van der Waals surface area contributed by atoms with E-state index >= 15 is 0 Å². The molecule has 0 unspecified atom stereocenters. The highest BCUT2D eigenvalue weighted by Gasteiger charge is 2.16. The molecular formula is C15H16N8O3. The number of carbonyl (C=O) groups is 2. The fourth-order valence-electron chi connectivity index (χ4n) is 2.17. The molecule has 134 valence electrons. The molecule has 0 fully saturated rings. The van der Waals surface area contributed by atoms with E-state index in [9.17, 15) is 9.59 Å². The van der Waals surface area contributed by atoms with Crippen LogP contribution in [0.15, 0.2) is 36.8 Å². The lowest BCUT2D eigenvalue weighted by atomic mass is 10.3. The van der Waals surface area contributed by atoms with Gasteiger partial charge in [0.2, 0.25) is 0 Å². The van der Waals surface area contributed by atoms with Crippen molar-refractivity contribution < 1.29 is 14.3 Å². The van der Waals surface area contributed by atoms with Crippen LogP contribution in [-0.2, 0) is 11.3 Å². The van der Waals surface area contributed by atoms with Crippen LogP contribution < -0.4 is 15.8 Å². The Morgan fingerprint density at radius 1 is 1.27 bits per heavy atom. The van der Waals surface area contributed by atoms with Crippen LogP contribution in [0.3, 0.4) is 0 Å². The highest BCUT2D eigenvalue weighted by Crippen LogP contribution is 2.15. The first-order valence-corrected chi connectivity index (χ1v) is 7.70. The SMILES string of the molecule is CCn1cc(NC(=O)COc2ccc(-n3cnnn3)cc2)c(C(N)=O)n1. The van der Waals surface area contributed by atoms with Gasteiger partial charge in [0, 0.05) is 12.7 Å². The molecule has 3 aromatic rings. The average Bonchev–Trinajstić information content (AvgIpc) is 3.30. The highest BCUT2D eigenvalue weighted by atomic mass is 16.5. The smallest absolute Gasteiger partial charge is 0.271 e. The molecule has 0 bridgehead atoms. The number of nitrogens with zero attached hydrogens (tertiary/aromatic N) is 6. The van der Waals surface area contributed by atoms with E-state index in [-0.39, 0.29) is 18.0 Å². The molecular weight excluding hydrogens is 340 g/mol. The van der Waals surface area contributed by atoms with Gasteiger partial charge in [0.25, 0.3) is 11.8 Å². The predicted octanol–water partition coefficient (Wildman–Crippen LogP) is -0.00490. The van der Waals surface area contributed by atoms with Gasteiger partial charge in [-0.15, -0.1) is 5.10 Å². The third kappa shape index (κ3) is 3.83. The number of nitrogens with one attached hydrogen (secondary N) is 1. The fraction of sp³-hybridized carbons (Fsp3) is 0.200. The Morgan fingerprint density at radius 2 is 2.04 bits per heavy atom. The average molecular weight is 356 g/mol. The first-order chi connectivity index (χ1) is 12.6. The van der Waals surface area contributed by atoms with Crippen LogP contribution in [0, 0.1) is 0 Å². The minimum atomic E-state index is -0.716. The Balaban J connectivity index is 1.59. The number of hydrogen-bond donors (Lipinski definition) is 2. The van der Waals surface area contributed by atoms with Crippen molar-refractivity contribution >= 4 is 17.5 Å². The van der Waals surface area contributed by atoms with Crippen molar-refractivity contribution in [2.75, 3.05) is 11.9 Å². The zero-order chi connectivity index (χ0) is 18.5. The van der Waals surface area contributed by atoms with Crippen LogP contribution in [-0.4, -0.2) is 48.4 Å². The topological polar surface area (TPSA) is 143 Å². The summed E-state index contributed by atoms with van der Waals surface area (Å²) >= 11 is 0. The molecule has 26 heavy (non-hydrogen) atoms. The van der Waals surface area contributed by atoms with Crippen molar-refractivity contribution in [2.45, 2.75) is 13.5 Å². The van der Waals surface area contributed by atoms with Gasteiger partial charge in [0.1, 0.15) is 12.1 Å². The molecule has 3 N–H and O–H groups in total. The second-order valence-corrected chi connectivity index (χ2v) is 5.20. The summed E-state index contributed by atoms with van der Waals surface area (Å²) < 4.78 is 8.43. The van der Waals surface area contributed by atoms with Gasteiger partial charge in [-0.1, -0.05) is 0 Å². The molecule has 0 aliphatic rings. The predicted molar refractivity (Wildman–Crippen MR) is 89.7 cm³/mol. The van der Waals surface area contributed by atoms with E-state index in [1.54, 1.807) is 30.5 Å². The van der Waals surface area contributed by atoms with Crippen molar-refractivity contribution in [1.29, 1.82) is 0 Å². The summed E-state index contributed by atoms with van der Waals surface area (Å²) in [5.41, 5.74) is 6.28. The summed E-state index contributed by atoms with van der Waals surface area (Å²) in [7, 11) is 0. The van der Waals surface area contributed by atoms with Crippen molar-refractivity contribution in [2.24, 2.45) is 5.73 Å². The fourth-order valence-corrected chi connectivity index (χ4v) is 2.17. The third-order valence-corrected chi connectivity index (χ3v) is 3.41. The molecule has 3 rings (SSSR count). The molecule has 11 heteroatoms. The number of ether oxygens (including phenoxy) is 1. The number of anilines is 1. The quantitative estimate of drug-likeness (QED) is 0.606. The molecule has 0 saturated carbocycles. The van der Waals surface area contributed by atoms with E-state index in [2.05, 4.69) is 25.9 Å². The van der Waals surface area contributed by atoms with E-state index in [0.717, 1.165) is 5.69 Å². The Labute approximate surface area is 147 Å². The summed E-state index contributed by atoms with van der Waals surface area (Å²) in [5, 5.41) is 17.5. The van der Waals surface area contributed by atoms with Gasteiger partial charge in [-0.2, -0.15) is 5.10 Å². The monoisotopic (exact) mass is 356 g/mol. The second-order valence-electron chi connectivity index (χ2n) is 5.20. The Hall–Kier alpha value is -3.76. The summed E-state index contributed by atoms with van der Waals surface area (Å²) in [6, 6.07) is 6.88. The molecule has 2 heterocycles. The number of nitrogens with two attached hydrogens (primary N) is 1. The second kappa shape index (κ2) is 7.42. The van der Waals surface area contributed by atoms with E-state index < -0.39 is 11.8 Å². The zero-order valence-corrected chi connectivity index (χ0v) is 13.9. The van der Waals surface area contributed by atoms with Gasteiger partial charge in [0.15, 0.2) is 12.3 Å². The number of carbonyl (C=O) groups excluding carboxylic acids is 2. The minimum absolute atomic E-state index is 0.00555. The molecule has 0 radical (unpaired) electrons. The number of rotatable bonds is 7. The van der Waals surface area contributed by atoms with Gasteiger partial charge >= 0.3 is 0 Å². The van der Waals surface area contributed by atoms with Crippen molar-refractivity contribution in [3.05, 3.63) is 42.5 Å². The molecule has 0 atom stereocenters. The maximum Gasteiger partial charge on any atom is 0.271 e. The van der Waals surface area contributed by atoms with E-state index in [0.29, 0.717) is 12.3 Å². The number of aryl methyl sites for hydroxylation is 1. The number of benzene rings is 1. The first kappa shape index (κ1) is 17.1. The first-order valence-electron chi connectivity index (χ1n) is 7.70. The normalized spacial score (nSPS) is 10.5. The van der Waals surface area contributed by atoms with E-state index in [1.807, 2.05) is 6.92 Å². The molecule has 2 amide bonds. The zero-order valence-electron chi connectivity index (χ0n) is 13.9. The Morgan fingerprint density at radius 3 is 2.65 bits per heavy atom. The van der Waals surface area contributed by atoms with Gasteiger partial charge in [-0.05, 0) is 41.6 Å². The van der Waals surface area contributed by atoms with E-state index in [1.165, 1.54) is 15.7 Å². The number of hydrogen-bond acceptors (Lipinski definition) is 7. The lowest BCUT2D eigenvalue weighted by Gasteiger charge is -2.07. The molecule has 0 spiro atoms.